The molecule has 0 aliphatic heterocycles. The van der Waals surface area contributed by atoms with Gasteiger partial charge in [0.05, 0.1) is 5.69 Å². The normalized spacial score (nSPS) is 11.6. The van der Waals surface area contributed by atoms with Gasteiger partial charge in [0.2, 0.25) is 5.03 Å². The molecule has 0 bridgehead atoms. The van der Waals surface area contributed by atoms with Crippen molar-refractivity contribution < 1.29 is 12.8 Å². The molecule has 0 amide bonds. The number of anilines is 1. The zero-order valence-corrected chi connectivity index (χ0v) is 12.5. The third-order valence-corrected chi connectivity index (χ3v) is 4.76. The number of benzene rings is 1. The van der Waals surface area contributed by atoms with Crippen molar-refractivity contribution in [3.05, 3.63) is 34.2 Å². The van der Waals surface area contributed by atoms with Crippen LogP contribution in [-0.4, -0.2) is 23.4 Å². The van der Waals surface area contributed by atoms with Crippen LogP contribution in [0.4, 0.5) is 10.1 Å². The molecule has 0 spiro atoms. The summed E-state index contributed by atoms with van der Waals surface area (Å²) < 4.78 is 41.3. The summed E-state index contributed by atoms with van der Waals surface area (Å²) in [6.45, 7) is 1.49. The quantitative estimate of drug-likeness (QED) is 0.917. The first-order valence-electron chi connectivity index (χ1n) is 5.16. The molecule has 1 aromatic heterocycles. The summed E-state index contributed by atoms with van der Waals surface area (Å²) in [5.74, 6) is -0.484. The lowest BCUT2D eigenvalue weighted by Gasteiger charge is -2.10. The van der Waals surface area contributed by atoms with Crippen LogP contribution in [0.2, 0.25) is 0 Å². The molecule has 2 rings (SSSR count). The van der Waals surface area contributed by atoms with Crippen LogP contribution in [0.5, 0.6) is 0 Å². The largest absolute Gasteiger partial charge is 0.281 e. The Hall–Kier alpha value is -1.48. The van der Waals surface area contributed by atoms with E-state index >= 15 is 0 Å². The van der Waals surface area contributed by atoms with E-state index in [0.29, 0.717) is 0 Å². The maximum Gasteiger partial charge on any atom is 0.281 e. The van der Waals surface area contributed by atoms with Crippen LogP contribution >= 0.6 is 15.9 Å². The lowest BCUT2D eigenvalue weighted by atomic mass is 10.2. The number of nitrogens with zero attached hydrogens (tertiary/aromatic N) is 3. The molecular weight excluding hydrogens is 339 g/mol. The Morgan fingerprint density at radius 3 is 2.68 bits per heavy atom. The molecule has 2 aromatic rings. The van der Waals surface area contributed by atoms with E-state index in [1.165, 1.54) is 32.2 Å². The predicted octanol–water partition coefficient (Wildman–Crippen LogP) is 1.83. The molecule has 1 N–H and O–H groups in total. The Bertz CT molecular complexity index is 710. The zero-order valence-electron chi connectivity index (χ0n) is 10.1. The van der Waals surface area contributed by atoms with Gasteiger partial charge in [0.15, 0.2) is 4.60 Å². The van der Waals surface area contributed by atoms with Gasteiger partial charge < -0.3 is 0 Å². The van der Waals surface area contributed by atoms with Crippen LogP contribution in [-0.2, 0) is 17.1 Å². The van der Waals surface area contributed by atoms with Crippen LogP contribution < -0.4 is 4.72 Å². The van der Waals surface area contributed by atoms with Crippen molar-refractivity contribution in [3.8, 4) is 0 Å². The second-order valence-corrected chi connectivity index (χ2v) is 6.18. The first-order chi connectivity index (χ1) is 8.83. The molecule has 1 aromatic carbocycles. The molecule has 0 saturated heterocycles. The lowest BCUT2D eigenvalue weighted by Crippen LogP contribution is -2.18. The molecule has 0 unspecified atom stereocenters. The average Bonchev–Trinajstić information content (AvgIpc) is 2.65. The molecule has 1 heterocycles. The van der Waals surface area contributed by atoms with Crippen molar-refractivity contribution in [1.29, 1.82) is 0 Å². The Balaban J connectivity index is 2.46. The van der Waals surface area contributed by atoms with Crippen molar-refractivity contribution >= 4 is 31.6 Å². The summed E-state index contributed by atoms with van der Waals surface area (Å²) >= 11 is 3.01. The third kappa shape index (κ3) is 2.61. The second-order valence-electron chi connectivity index (χ2n) is 3.83. The smallest absolute Gasteiger partial charge is 0.278 e. The maximum atomic E-state index is 13.4. The van der Waals surface area contributed by atoms with Gasteiger partial charge in [-0.2, -0.15) is 8.42 Å². The molecule has 0 saturated carbocycles. The van der Waals surface area contributed by atoms with E-state index in [2.05, 4.69) is 31.0 Å². The second kappa shape index (κ2) is 4.89. The monoisotopic (exact) mass is 348 g/mol. The van der Waals surface area contributed by atoms with Gasteiger partial charge in [-0.1, -0.05) is 11.3 Å². The van der Waals surface area contributed by atoms with Crippen LogP contribution in [0.1, 0.15) is 5.56 Å². The van der Waals surface area contributed by atoms with E-state index in [9.17, 15) is 12.8 Å². The summed E-state index contributed by atoms with van der Waals surface area (Å²) in [5, 5.41) is 7.06. The molecule has 102 valence electrons. The third-order valence-electron chi connectivity index (χ3n) is 2.50. The van der Waals surface area contributed by atoms with Gasteiger partial charge in [-0.25, -0.2) is 9.07 Å². The first kappa shape index (κ1) is 13.9. The number of nitrogens with one attached hydrogen (secondary N) is 1. The first-order valence-corrected chi connectivity index (χ1v) is 7.43. The fourth-order valence-corrected chi connectivity index (χ4v) is 3.74. The Labute approximate surface area is 117 Å². The van der Waals surface area contributed by atoms with Crippen LogP contribution in [0, 0.1) is 12.7 Å². The number of hydrogen-bond acceptors (Lipinski definition) is 4. The Morgan fingerprint density at radius 1 is 1.42 bits per heavy atom. The number of sulfonamides is 1. The van der Waals surface area contributed by atoms with Gasteiger partial charge in [0.1, 0.15) is 5.82 Å². The minimum absolute atomic E-state index is 0.0940. The topological polar surface area (TPSA) is 76.9 Å². The van der Waals surface area contributed by atoms with E-state index in [-0.39, 0.29) is 20.9 Å². The molecule has 0 radical (unpaired) electrons. The standard InChI is InChI=1S/C10H10BrFN4O2S/c1-6-7(12)4-3-5-8(6)14-19(17,18)10-9(11)13-15-16(10)2/h3-5,14H,1-2H3. The van der Waals surface area contributed by atoms with E-state index in [1.54, 1.807) is 0 Å². The highest BCUT2D eigenvalue weighted by atomic mass is 79.9. The molecule has 0 fully saturated rings. The highest BCUT2D eigenvalue weighted by Gasteiger charge is 2.24. The minimum atomic E-state index is -3.90. The highest BCUT2D eigenvalue weighted by molar-refractivity contribution is 9.10. The summed E-state index contributed by atoms with van der Waals surface area (Å²) in [6.07, 6.45) is 0. The molecule has 0 atom stereocenters. The van der Waals surface area contributed by atoms with Gasteiger partial charge >= 0.3 is 0 Å². The molecule has 9 heteroatoms. The number of rotatable bonds is 3. The highest BCUT2D eigenvalue weighted by Crippen LogP contribution is 2.24. The fourth-order valence-electron chi connectivity index (χ4n) is 1.52. The van der Waals surface area contributed by atoms with Crippen molar-refractivity contribution in [2.75, 3.05) is 4.72 Å². The minimum Gasteiger partial charge on any atom is -0.278 e. The summed E-state index contributed by atoms with van der Waals surface area (Å²) in [6, 6.07) is 4.17. The lowest BCUT2D eigenvalue weighted by molar-refractivity contribution is 0.578. The Kier molecular flexibility index (Phi) is 3.59. The van der Waals surface area contributed by atoms with Crippen molar-refractivity contribution in [2.24, 2.45) is 7.05 Å². The van der Waals surface area contributed by atoms with Crippen LogP contribution in [0.3, 0.4) is 0 Å². The number of hydrogen-bond donors (Lipinski definition) is 1. The van der Waals surface area contributed by atoms with Gasteiger partial charge in [-0.15, -0.1) is 5.10 Å². The molecule has 0 aliphatic carbocycles. The van der Waals surface area contributed by atoms with E-state index in [1.807, 2.05) is 0 Å². The predicted molar refractivity (Wildman–Crippen MR) is 70.6 cm³/mol. The summed E-state index contributed by atoms with van der Waals surface area (Å²) in [7, 11) is -2.45. The van der Waals surface area contributed by atoms with E-state index in [4.69, 9.17) is 0 Å². The molecule has 6 nitrogen and oxygen atoms in total. The van der Waals surface area contributed by atoms with Crippen LogP contribution in [0.25, 0.3) is 0 Å². The van der Waals surface area contributed by atoms with Crippen molar-refractivity contribution in [1.82, 2.24) is 15.0 Å². The van der Waals surface area contributed by atoms with Crippen molar-refractivity contribution in [2.45, 2.75) is 11.9 Å². The average molecular weight is 349 g/mol. The number of aryl methyl sites for hydroxylation is 1. The number of aromatic nitrogens is 3. The number of halogens is 2. The van der Waals surface area contributed by atoms with Gasteiger partial charge in [0, 0.05) is 12.6 Å². The Morgan fingerprint density at radius 2 is 2.11 bits per heavy atom. The van der Waals surface area contributed by atoms with Gasteiger partial charge in [0.25, 0.3) is 10.0 Å². The fraction of sp³-hybridized carbons (Fsp3) is 0.200. The van der Waals surface area contributed by atoms with Gasteiger partial charge in [-0.3, -0.25) is 4.72 Å². The van der Waals surface area contributed by atoms with Crippen LogP contribution in [0.15, 0.2) is 27.8 Å². The van der Waals surface area contributed by atoms with Crippen molar-refractivity contribution in [3.63, 3.8) is 0 Å². The summed E-state index contributed by atoms with van der Waals surface area (Å²) in [4.78, 5) is 0. The van der Waals surface area contributed by atoms with E-state index in [0.717, 1.165) is 4.68 Å². The summed E-state index contributed by atoms with van der Waals surface area (Å²) in [5.41, 5.74) is 0.394. The van der Waals surface area contributed by atoms with E-state index < -0.39 is 15.8 Å². The molecule has 19 heavy (non-hydrogen) atoms. The molecular formula is C10H10BrFN4O2S. The molecule has 0 aliphatic rings. The maximum absolute atomic E-state index is 13.4. The SMILES string of the molecule is Cc1c(F)cccc1NS(=O)(=O)c1c(Br)nnn1C. The van der Waals surface area contributed by atoms with Gasteiger partial charge in [-0.05, 0) is 35.0 Å². The zero-order chi connectivity index (χ0) is 14.2.